The summed E-state index contributed by atoms with van der Waals surface area (Å²) in [7, 11) is 1.72. The molecule has 0 saturated heterocycles. The number of carbonyl (C=O) groups is 2. The Bertz CT molecular complexity index is 1230. The molecule has 31 heavy (non-hydrogen) atoms. The van der Waals surface area contributed by atoms with Crippen LogP contribution in [0.25, 0.3) is 10.9 Å². The number of rotatable bonds is 4. The van der Waals surface area contributed by atoms with E-state index in [9.17, 15) is 9.59 Å². The lowest BCUT2D eigenvalue weighted by molar-refractivity contribution is -0.124. The fourth-order valence-electron chi connectivity index (χ4n) is 4.11. The Balaban J connectivity index is 1.25. The minimum Gasteiger partial charge on any atom is -0.339 e. The third kappa shape index (κ3) is 3.61. The third-order valence-corrected chi connectivity index (χ3v) is 5.70. The van der Waals surface area contributed by atoms with Gasteiger partial charge in [0.1, 0.15) is 17.6 Å². The van der Waals surface area contributed by atoms with Crippen molar-refractivity contribution in [1.82, 2.24) is 15.1 Å². The van der Waals surface area contributed by atoms with Gasteiger partial charge in [0.05, 0.1) is 11.2 Å². The molecule has 0 fully saturated rings. The van der Waals surface area contributed by atoms with Gasteiger partial charge in [-0.15, -0.1) is 5.10 Å². The van der Waals surface area contributed by atoms with E-state index in [4.69, 9.17) is 0 Å². The Morgan fingerprint density at radius 3 is 2.71 bits per heavy atom. The highest BCUT2D eigenvalue weighted by Gasteiger charge is 2.33. The number of amides is 2. The van der Waals surface area contributed by atoms with E-state index in [1.807, 2.05) is 59.3 Å². The van der Waals surface area contributed by atoms with Crippen LogP contribution in [0.5, 0.6) is 0 Å². The molecule has 0 saturated carbocycles. The number of anilines is 1. The molecule has 0 spiro atoms. The summed E-state index contributed by atoms with van der Waals surface area (Å²) in [4.78, 5) is 27.5. The molecule has 0 bridgehead atoms. The van der Waals surface area contributed by atoms with E-state index in [0.717, 1.165) is 28.0 Å². The highest BCUT2D eigenvalue weighted by atomic mass is 16.2. The maximum atomic E-state index is 13.1. The Kier molecular flexibility index (Phi) is 4.82. The van der Waals surface area contributed by atoms with Gasteiger partial charge in [0.25, 0.3) is 11.8 Å². The second-order valence-electron chi connectivity index (χ2n) is 7.83. The predicted molar refractivity (Wildman–Crippen MR) is 119 cm³/mol. The Labute approximate surface area is 179 Å². The molecule has 8 nitrogen and oxygen atoms in total. The third-order valence-electron chi connectivity index (χ3n) is 5.70. The summed E-state index contributed by atoms with van der Waals surface area (Å²) in [5, 5.41) is 16.6. The first-order valence-corrected chi connectivity index (χ1v) is 10.3. The van der Waals surface area contributed by atoms with Crippen LogP contribution >= 0.6 is 0 Å². The van der Waals surface area contributed by atoms with Gasteiger partial charge in [-0.05, 0) is 24.1 Å². The van der Waals surface area contributed by atoms with Crippen LogP contribution in [0.4, 0.5) is 5.82 Å². The molecule has 0 aliphatic carbocycles. The normalized spacial score (nSPS) is 18.4. The molecule has 1 atom stereocenters. The standard InChI is InChI=1S/C23H22N6O2/c1-28-22-17-9-5-6-10-18(17)27-29(22)12-11-19(23(28)31)24-21(30)20-14-16(25-26-20)13-15-7-3-2-4-8-15/h2-10,19H,11-14H2,1H3,(H,24,30). The Morgan fingerprint density at radius 1 is 1.10 bits per heavy atom. The first-order valence-electron chi connectivity index (χ1n) is 10.3. The van der Waals surface area contributed by atoms with Crippen LogP contribution in [-0.2, 0) is 22.6 Å². The van der Waals surface area contributed by atoms with Gasteiger partial charge in [-0.2, -0.15) is 10.2 Å². The van der Waals surface area contributed by atoms with Crippen LogP contribution in [0.1, 0.15) is 18.4 Å². The number of aromatic nitrogens is 2. The number of hydrogen-bond donors (Lipinski definition) is 1. The molecular weight excluding hydrogens is 392 g/mol. The highest BCUT2D eigenvalue weighted by molar-refractivity contribution is 6.43. The molecule has 3 aromatic rings. The van der Waals surface area contributed by atoms with Crippen LogP contribution < -0.4 is 10.2 Å². The van der Waals surface area contributed by atoms with Crippen LogP contribution in [0, 0.1) is 0 Å². The van der Waals surface area contributed by atoms with Gasteiger partial charge in [0.15, 0.2) is 0 Å². The zero-order chi connectivity index (χ0) is 21.4. The fourth-order valence-corrected chi connectivity index (χ4v) is 4.11. The molecule has 3 heterocycles. The molecule has 2 aromatic carbocycles. The number of nitrogens with zero attached hydrogens (tertiary/aromatic N) is 5. The van der Waals surface area contributed by atoms with Gasteiger partial charge in [-0.1, -0.05) is 42.5 Å². The summed E-state index contributed by atoms with van der Waals surface area (Å²) in [6.45, 7) is 0.535. The van der Waals surface area contributed by atoms with Crippen molar-refractivity contribution in [2.24, 2.45) is 10.2 Å². The second-order valence-corrected chi connectivity index (χ2v) is 7.83. The SMILES string of the molecule is CN1C(=O)C(NC(=O)C2=NN=C(Cc3ccccc3)C2)CCn2nc3ccccc3c21. The van der Waals surface area contributed by atoms with Crippen molar-refractivity contribution in [2.45, 2.75) is 31.8 Å². The van der Waals surface area contributed by atoms with Crippen molar-refractivity contribution in [3.05, 3.63) is 60.2 Å². The number of nitrogens with one attached hydrogen (secondary N) is 1. The van der Waals surface area contributed by atoms with Crippen molar-refractivity contribution >= 4 is 40.0 Å². The van der Waals surface area contributed by atoms with E-state index in [1.54, 1.807) is 11.9 Å². The summed E-state index contributed by atoms with van der Waals surface area (Å²) in [6.07, 6.45) is 1.50. The minimum absolute atomic E-state index is 0.165. The van der Waals surface area contributed by atoms with Gasteiger partial charge in [0.2, 0.25) is 0 Å². The van der Waals surface area contributed by atoms with Crippen molar-refractivity contribution in [1.29, 1.82) is 0 Å². The monoisotopic (exact) mass is 414 g/mol. The number of likely N-dealkylation sites (N-methyl/N-ethyl adjacent to an activating group) is 1. The van der Waals surface area contributed by atoms with E-state index in [0.29, 0.717) is 31.5 Å². The van der Waals surface area contributed by atoms with E-state index in [1.165, 1.54) is 0 Å². The van der Waals surface area contributed by atoms with Crippen molar-refractivity contribution in [2.75, 3.05) is 11.9 Å². The summed E-state index contributed by atoms with van der Waals surface area (Å²) in [5.74, 6) is 0.244. The number of carbonyl (C=O) groups excluding carboxylic acids is 2. The molecule has 1 aromatic heterocycles. The maximum Gasteiger partial charge on any atom is 0.268 e. The molecule has 2 aliphatic heterocycles. The maximum absolute atomic E-state index is 13.1. The Hall–Kier alpha value is -3.81. The molecule has 2 aliphatic rings. The first kappa shape index (κ1) is 19.2. The quantitative estimate of drug-likeness (QED) is 0.710. The number of hydrogen-bond acceptors (Lipinski definition) is 5. The number of aryl methyl sites for hydroxylation is 1. The molecule has 0 radical (unpaired) electrons. The van der Waals surface area contributed by atoms with E-state index >= 15 is 0 Å². The highest BCUT2D eigenvalue weighted by Crippen LogP contribution is 2.29. The molecule has 1 N–H and O–H groups in total. The molecule has 5 rings (SSSR count). The zero-order valence-electron chi connectivity index (χ0n) is 17.2. The molecule has 2 amide bonds. The molecule has 156 valence electrons. The average Bonchev–Trinajstić information content (AvgIpc) is 3.38. The number of fused-ring (bicyclic) bond motifs is 3. The van der Waals surface area contributed by atoms with Crippen molar-refractivity contribution in [3.8, 4) is 0 Å². The Morgan fingerprint density at radius 2 is 1.87 bits per heavy atom. The number of benzene rings is 2. The summed E-state index contributed by atoms with van der Waals surface area (Å²) >= 11 is 0. The summed E-state index contributed by atoms with van der Waals surface area (Å²) in [6, 6.07) is 17.1. The van der Waals surface area contributed by atoms with Crippen LogP contribution in [0.15, 0.2) is 64.8 Å². The lowest BCUT2D eigenvalue weighted by Crippen LogP contribution is -2.48. The van der Waals surface area contributed by atoms with Gasteiger partial charge in [-0.3, -0.25) is 14.5 Å². The van der Waals surface area contributed by atoms with E-state index < -0.39 is 6.04 Å². The lowest BCUT2D eigenvalue weighted by atomic mass is 10.0. The van der Waals surface area contributed by atoms with Gasteiger partial charge in [0, 0.05) is 31.8 Å². The predicted octanol–water partition coefficient (Wildman–Crippen LogP) is 2.33. The lowest BCUT2D eigenvalue weighted by Gasteiger charge is -2.21. The summed E-state index contributed by atoms with van der Waals surface area (Å²) < 4.78 is 1.84. The smallest absolute Gasteiger partial charge is 0.268 e. The van der Waals surface area contributed by atoms with Gasteiger partial charge >= 0.3 is 0 Å². The zero-order valence-corrected chi connectivity index (χ0v) is 17.2. The largest absolute Gasteiger partial charge is 0.339 e. The van der Waals surface area contributed by atoms with Gasteiger partial charge < -0.3 is 5.32 Å². The van der Waals surface area contributed by atoms with Crippen molar-refractivity contribution in [3.63, 3.8) is 0 Å². The molecule has 8 heteroatoms. The topological polar surface area (TPSA) is 92.0 Å². The first-order chi connectivity index (χ1) is 15.1. The fraction of sp³-hybridized carbons (Fsp3) is 0.261. The van der Waals surface area contributed by atoms with E-state index in [-0.39, 0.29) is 11.8 Å². The van der Waals surface area contributed by atoms with Gasteiger partial charge in [-0.25, -0.2) is 4.68 Å². The molecule has 1 unspecified atom stereocenters. The van der Waals surface area contributed by atoms with Crippen LogP contribution in [0.2, 0.25) is 0 Å². The molecular formula is C23H22N6O2. The second kappa shape index (κ2) is 7.79. The summed E-state index contributed by atoms with van der Waals surface area (Å²) in [5.41, 5.74) is 3.16. The van der Waals surface area contributed by atoms with Crippen molar-refractivity contribution < 1.29 is 9.59 Å². The van der Waals surface area contributed by atoms with E-state index in [2.05, 4.69) is 20.6 Å². The minimum atomic E-state index is -0.640. The van der Waals surface area contributed by atoms with Crippen LogP contribution in [0.3, 0.4) is 0 Å². The van der Waals surface area contributed by atoms with Crippen LogP contribution in [-0.4, -0.2) is 46.1 Å². The average molecular weight is 414 g/mol.